The number of nitrogens with zero attached hydrogens (tertiary/aromatic N) is 2. The molecule has 0 aromatic carbocycles. The van der Waals surface area contributed by atoms with E-state index in [1.54, 1.807) is 22.9 Å². The van der Waals surface area contributed by atoms with Crippen LogP contribution in [0.25, 0.3) is 11.1 Å². The molecule has 0 radical (unpaired) electrons. The Kier molecular flexibility index (Phi) is 4.34. The molecule has 1 atom stereocenters. The summed E-state index contributed by atoms with van der Waals surface area (Å²) in [6.07, 6.45) is 1.68. The van der Waals surface area contributed by atoms with Crippen LogP contribution in [0.15, 0.2) is 18.3 Å². The molecule has 0 aliphatic rings. The Morgan fingerprint density at radius 2 is 2.10 bits per heavy atom. The largest absolute Gasteiger partial charge is 0.477 e. The fourth-order valence-corrected chi connectivity index (χ4v) is 2.56. The minimum Gasteiger partial charge on any atom is -0.477 e. The van der Waals surface area contributed by atoms with Crippen LogP contribution in [0, 0.1) is 13.8 Å². The Bertz CT molecular complexity index is 692. The van der Waals surface area contributed by atoms with E-state index in [9.17, 15) is 9.90 Å². The van der Waals surface area contributed by atoms with Crippen LogP contribution in [0.1, 0.15) is 28.7 Å². The predicted molar refractivity (Wildman–Crippen MR) is 82.8 cm³/mol. The molecule has 0 saturated carbocycles. The Morgan fingerprint density at radius 3 is 2.67 bits per heavy atom. The van der Waals surface area contributed by atoms with Crippen LogP contribution >= 0.6 is 11.6 Å². The van der Waals surface area contributed by atoms with E-state index in [4.69, 9.17) is 17.3 Å². The van der Waals surface area contributed by atoms with Crippen LogP contribution in [0.4, 0.5) is 0 Å². The monoisotopic (exact) mass is 307 g/mol. The molecular weight excluding hydrogens is 290 g/mol. The Balaban J connectivity index is 2.65. The number of carboxylic acid groups (broad SMARTS) is 1. The van der Waals surface area contributed by atoms with Crippen molar-refractivity contribution >= 4 is 17.6 Å². The van der Waals surface area contributed by atoms with Gasteiger partial charge >= 0.3 is 5.97 Å². The number of halogens is 1. The molecule has 2 aromatic rings. The molecule has 0 bridgehead atoms. The molecule has 2 aromatic heterocycles. The average Bonchev–Trinajstić information content (AvgIpc) is 2.70. The number of aromatic nitrogens is 2. The first-order valence-corrected chi connectivity index (χ1v) is 7.00. The molecule has 21 heavy (non-hydrogen) atoms. The van der Waals surface area contributed by atoms with Gasteiger partial charge in [-0.15, -0.1) is 0 Å². The lowest BCUT2D eigenvalue weighted by molar-refractivity contribution is 0.0684. The van der Waals surface area contributed by atoms with Crippen molar-refractivity contribution in [3.05, 3.63) is 40.4 Å². The molecule has 0 fully saturated rings. The third-order valence-electron chi connectivity index (χ3n) is 3.42. The van der Waals surface area contributed by atoms with Gasteiger partial charge in [-0.3, -0.25) is 0 Å². The maximum atomic E-state index is 11.5. The highest BCUT2D eigenvalue weighted by atomic mass is 35.5. The summed E-state index contributed by atoms with van der Waals surface area (Å²) >= 11 is 5.96. The van der Waals surface area contributed by atoms with Gasteiger partial charge in [-0.2, -0.15) is 0 Å². The zero-order valence-electron chi connectivity index (χ0n) is 12.2. The summed E-state index contributed by atoms with van der Waals surface area (Å²) in [7, 11) is 0. The summed E-state index contributed by atoms with van der Waals surface area (Å²) in [6.45, 7) is 6.10. The number of carbonyl (C=O) groups is 1. The van der Waals surface area contributed by atoms with Crippen LogP contribution < -0.4 is 5.73 Å². The van der Waals surface area contributed by atoms with E-state index in [1.165, 1.54) is 0 Å². The van der Waals surface area contributed by atoms with Crippen molar-refractivity contribution in [3.63, 3.8) is 0 Å². The van der Waals surface area contributed by atoms with E-state index >= 15 is 0 Å². The van der Waals surface area contributed by atoms with E-state index in [0.717, 1.165) is 22.4 Å². The fourth-order valence-electron chi connectivity index (χ4n) is 2.41. The summed E-state index contributed by atoms with van der Waals surface area (Å²) in [6, 6.07) is 3.28. The van der Waals surface area contributed by atoms with Crippen molar-refractivity contribution in [1.82, 2.24) is 9.55 Å². The van der Waals surface area contributed by atoms with Crippen molar-refractivity contribution in [2.24, 2.45) is 5.73 Å². The maximum Gasteiger partial charge on any atom is 0.352 e. The average molecular weight is 308 g/mol. The molecule has 5 nitrogen and oxygen atoms in total. The third kappa shape index (κ3) is 3.09. The number of carboxylic acids is 1. The molecular formula is C15H18ClN3O2. The van der Waals surface area contributed by atoms with Crippen LogP contribution in [0.3, 0.4) is 0 Å². The SMILES string of the molecule is Cc1cnc(Cl)cc1-c1cc(C(=O)O)n(CC(C)N)c1C. The number of hydrogen-bond acceptors (Lipinski definition) is 3. The molecule has 3 N–H and O–H groups in total. The number of rotatable bonds is 4. The number of hydrogen-bond donors (Lipinski definition) is 2. The molecule has 0 saturated heterocycles. The summed E-state index contributed by atoms with van der Waals surface area (Å²) in [5.41, 5.74) is 9.58. The minimum atomic E-state index is -0.970. The second-order valence-corrected chi connectivity index (χ2v) is 5.63. The first-order valence-electron chi connectivity index (χ1n) is 6.62. The highest BCUT2D eigenvalue weighted by Crippen LogP contribution is 2.31. The van der Waals surface area contributed by atoms with E-state index in [-0.39, 0.29) is 11.7 Å². The summed E-state index contributed by atoms with van der Waals surface area (Å²) < 4.78 is 1.73. The van der Waals surface area contributed by atoms with Gasteiger partial charge in [0.05, 0.1) is 0 Å². The van der Waals surface area contributed by atoms with Crippen LogP contribution in [0.2, 0.25) is 5.15 Å². The quantitative estimate of drug-likeness (QED) is 0.851. The maximum absolute atomic E-state index is 11.5. The number of aryl methyl sites for hydroxylation is 1. The molecule has 0 aliphatic heterocycles. The first kappa shape index (κ1) is 15.5. The first-order chi connectivity index (χ1) is 9.81. The highest BCUT2D eigenvalue weighted by molar-refractivity contribution is 6.29. The second-order valence-electron chi connectivity index (χ2n) is 5.24. The van der Waals surface area contributed by atoms with Crippen molar-refractivity contribution in [1.29, 1.82) is 0 Å². The van der Waals surface area contributed by atoms with Gasteiger partial charge in [0.2, 0.25) is 0 Å². The Hall–Kier alpha value is -1.85. The van der Waals surface area contributed by atoms with E-state index < -0.39 is 5.97 Å². The molecule has 0 amide bonds. The van der Waals surface area contributed by atoms with Crippen molar-refractivity contribution in [2.75, 3.05) is 0 Å². The van der Waals surface area contributed by atoms with E-state index in [0.29, 0.717) is 11.7 Å². The van der Waals surface area contributed by atoms with Crippen LogP contribution in [0.5, 0.6) is 0 Å². The predicted octanol–water partition coefficient (Wildman–Crippen LogP) is 2.87. The Labute approximate surface area is 128 Å². The summed E-state index contributed by atoms with van der Waals surface area (Å²) in [5, 5.41) is 9.77. The van der Waals surface area contributed by atoms with Crippen molar-refractivity contribution < 1.29 is 9.90 Å². The van der Waals surface area contributed by atoms with Crippen LogP contribution in [-0.4, -0.2) is 26.7 Å². The zero-order valence-corrected chi connectivity index (χ0v) is 13.0. The third-order valence-corrected chi connectivity index (χ3v) is 3.62. The van der Waals surface area contributed by atoms with Gasteiger partial charge in [0, 0.05) is 30.0 Å². The topological polar surface area (TPSA) is 81.1 Å². The summed E-state index contributed by atoms with van der Waals surface area (Å²) in [5.74, 6) is -0.970. The van der Waals surface area contributed by atoms with Crippen molar-refractivity contribution in [3.8, 4) is 11.1 Å². The van der Waals surface area contributed by atoms with Gasteiger partial charge in [0.1, 0.15) is 10.8 Å². The number of aromatic carboxylic acids is 1. The van der Waals surface area contributed by atoms with Gasteiger partial charge < -0.3 is 15.4 Å². The molecule has 112 valence electrons. The minimum absolute atomic E-state index is 0.135. The Morgan fingerprint density at radius 1 is 1.43 bits per heavy atom. The van der Waals surface area contributed by atoms with E-state index in [2.05, 4.69) is 4.98 Å². The van der Waals surface area contributed by atoms with Crippen LogP contribution in [-0.2, 0) is 6.54 Å². The molecule has 0 aliphatic carbocycles. The lowest BCUT2D eigenvalue weighted by Crippen LogP contribution is -2.24. The lowest BCUT2D eigenvalue weighted by atomic mass is 10.0. The standard InChI is InChI=1S/C15H18ClN3O2/c1-8-6-18-14(16)5-11(8)12-4-13(15(20)21)19(10(12)3)7-9(2)17/h4-6,9H,7,17H2,1-3H3,(H,20,21). The molecule has 6 heteroatoms. The number of pyridine rings is 1. The van der Waals surface area contributed by atoms with Crippen molar-refractivity contribution in [2.45, 2.75) is 33.4 Å². The molecule has 2 rings (SSSR count). The van der Waals surface area contributed by atoms with E-state index in [1.807, 2.05) is 20.8 Å². The summed E-state index contributed by atoms with van der Waals surface area (Å²) in [4.78, 5) is 15.5. The van der Waals surface area contributed by atoms with Gasteiger partial charge in [-0.25, -0.2) is 9.78 Å². The fraction of sp³-hybridized carbons (Fsp3) is 0.333. The van der Waals surface area contributed by atoms with Gasteiger partial charge in [0.15, 0.2) is 0 Å². The van der Waals surface area contributed by atoms with Gasteiger partial charge in [0.25, 0.3) is 0 Å². The zero-order chi connectivity index (χ0) is 15.7. The van der Waals surface area contributed by atoms with Gasteiger partial charge in [-0.05, 0) is 44.0 Å². The second kappa shape index (κ2) is 5.87. The normalized spacial score (nSPS) is 12.4. The van der Waals surface area contributed by atoms with Gasteiger partial charge in [-0.1, -0.05) is 11.6 Å². The highest BCUT2D eigenvalue weighted by Gasteiger charge is 2.19. The lowest BCUT2D eigenvalue weighted by Gasteiger charge is -2.13. The molecule has 0 spiro atoms. The molecule has 2 heterocycles. The smallest absolute Gasteiger partial charge is 0.352 e. The molecule has 1 unspecified atom stereocenters. The number of nitrogens with two attached hydrogens (primary N) is 1.